The van der Waals surface area contributed by atoms with Gasteiger partial charge in [0.05, 0.1) is 19.3 Å². The fourth-order valence-corrected chi connectivity index (χ4v) is 3.28. The monoisotopic (exact) mass is 449 g/mol. The average Bonchev–Trinajstić information content (AvgIpc) is 2.86. The molecule has 0 aliphatic carbocycles. The van der Waals surface area contributed by atoms with Crippen LogP contribution in [0, 0.1) is 3.57 Å². The number of hydrogen-bond acceptors (Lipinski definition) is 3. The van der Waals surface area contributed by atoms with Gasteiger partial charge in [-0.2, -0.15) is 5.10 Å². The first-order chi connectivity index (χ1) is 9.62. The highest BCUT2D eigenvalue weighted by molar-refractivity contribution is 14.1. The molecule has 2 rings (SSSR count). The van der Waals surface area contributed by atoms with E-state index in [0.29, 0.717) is 0 Å². The molecule has 6 heteroatoms. The highest BCUT2D eigenvalue weighted by Crippen LogP contribution is 2.33. The number of benzene rings is 1. The van der Waals surface area contributed by atoms with Crippen molar-refractivity contribution in [2.24, 2.45) is 0 Å². The molecule has 0 aliphatic heterocycles. The van der Waals surface area contributed by atoms with Crippen LogP contribution in [0.4, 0.5) is 0 Å². The fourth-order valence-electron chi connectivity index (χ4n) is 2.25. The molecule has 0 amide bonds. The van der Waals surface area contributed by atoms with Gasteiger partial charge in [0.25, 0.3) is 0 Å². The second-order valence-electron chi connectivity index (χ2n) is 4.30. The summed E-state index contributed by atoms with van der Waals surface area (Å²) in [5, 5.41) is 7.76. The van der Waals surface area contributed by atoms with Gasteiger partial charge in [-0.25, -0.2) is 0 Å². The number of hydrogen-bond donors (Lipinski definition) is 1. The highest BCUT2D eigenvalue weighted by Gasteiger charge is 2.23. The van der Waals surface area contributed by atoms with Gasteiger partial charge in [0.2, 0.25) is 0 Å². The molecule has 1 heterocycles. The van der Waals surface area contributed by atoms with Crippen LogP contribution in [-0.2, 0) is 6.54 Å². The van der Waals surface area contributed by atoms with Crippen molar-refractivity contribution in [2.75, 3.05) is 14.2 Å². The van der Waals surface area contributed by atoms with Gasteiger partial charge >= 0.3 is 0 Å². The number of nitrogens with zero attached hydrogens (tertiary/aromatic N) is 2. The first-order valence-corrected chi connectivity index (χ1v) is 8.21. The van der Waals surface area contributed by atoms with Gasteiger partial charge in [-0.1, -0.05) is 15.9 Å². The Kier molecular flexibility index (Phi) is 5.45. The van der Waals surface area contributed by atoms with E-state index < -0.39 is 0 Å². The zero-order valence-electron chi connectivity index (χ0n) is 11.7. The molecule has 4 nitrogen and oxygen atoms in total. The molecule has 0 bridgehead atoms. The summed E-state index contributed by atoms with van der Waals surface area (Å²) in [6, 6.07) is 6.32. The van der Waals surface area contributed by atoms with Crippen LogP contribution in [-0.4, -0.2) is 23.9 Å². The number of nitrogens with one attached hydrogen (secondary N) is 1. The Labute approximate surface area is 141 Å². The molecule has 1 unspecified atom stereocenters. The molecule has 1 atom stereocenters. The smallest absolute Gasteiger partial charge is 0.161 e. The van der Waals surface area contributed by atoms with Gasteiger partial charge in [0.1, 0.15) is 5.69 Å². The summed E-state index contributed by atoms with van der Waals surface area (Å²) >= 11 is 5.90. The highest BCUT2D eigenvalue weighted by atomic mass is 127. The summed E-state index contributed by atoms with van der Waals surface area (Å²) < 4.78 is 9.70. The number of methoxy groups -OCH3 is 1. The first kappa shape index (κ1) is 15.8. The first-order valence-electron chi connectivity index (χ1n) is 6.34. The van der Waals surface area contributed by atoms with Crippen LogP contribution in [0.1, 0.15) is 24.2 Å². The van der Waals surface area contributed by atoms with Crippen LogP contribution < -0.4 is 10.1 Å². The quantitative estimate of drug-likeness (QED) is 0.709. The van der Waals surface area contributed by atoms with Crippen LogP contribution in [0.25, 0.3) is 0 Å². The Bertz CT molecular complexity index is 579. The Hall–Kier alpha value is -0.600. The lowest BCUT2D eigenvalue weighted by Crippen LogP contribution is -2.23. The predicted molar refractivity (Wildman–Crippen MR) is 92.2 cm³/mol. The third-order valence-electron chi connectivity index (χ3n) is 3.20. The molecule has 0 saturated heterocycles. The second-order valence-corrected chi connectivity index (χ2v) is 6.38. The zero-order valence-corrected chi connectivity index (χ0v) is 15.4. The summed E-state index contributed by atoms with van der Waals surface area (Å²) in [6.07, 6.45) is 1.77. The van der Waals surface area contributed by atoms with E-state index in [-0.39, 0.29) is 6.04 Å². The van der Waals surface area contributed by atoms with E-state index in [0.717, 1.165) is 22.5 Å². The largest absolute Gasteiger partial charge is 0.493 e. The molecular weight excluding hydrogens is 433 g/mol. The zero-order chi connectivity index (χ0) is 14.7. The molecule has 0 fully saturated rings. The minimum atomic E-state index is 0.0387. The standard InChI is InChI=1S/C14H17BrIN3O/c1-4-19-14(12(20-3)8-18-19)13(17-2)10-7-9(15)5-6-11(10)16/h5-8,13,17H,4H2,1-3H3. The van der Waals surface area contributed by atoms with Crippen molar-refractivity contribution in [1.29, 1.82) is 0 Å². The molecule has 1 N–H and O–H groups in total. The maximum absolute atomic E-state index is 5.46. The molecule has 1 aromatic heterocycles. The molecule has 0 spiro atoms. The van der Waals surface area contributed by atoms with Crippen LogP contribution in [0.15, 0.2) is 28.9 Å². The Morgan fingerprint density at radius 3 is 2.85 bits per heavy atom. The van der Waals surface area contributed by atoms with E-state index in [1.807, 2.05) is 17.8 Å². The van der Waals surface area contributed by atoms with E-state index in [2.05, 4.69) is 68.0 Å². The topological polar surface area (TPSA) is 39.1 Å². The molecule has 108 valence electrons. The van der Waals surface area contributed by atoms with Gasteiger partial charge in [-0.05, 0) is 60.3 Å². The SMILES string of the molecule is CCn1ncc(OC)c1C(NC)c1cc(Br)ccc1I. The lowest BCUT2D eigenvalue weighted by molar-refractivity contribution is 0.401. The molecule has 1 aromatic carbocycles. The Balaban J connectivity index is 2.57. The third-order valence-corrected chi connectivity index (χ3v) is 4.67. The molecule has 2 aromatic rings. The van der Waals surface area contributed by atoms with Crippen molar-refractivity contribution in [1.82, 2.24) is 15.1 Å². The van der Waals surface area contributed by atoms with Crippen molar-refractivity contribution >= 4 is 38.5 Å². The maximum Gasteiger partial charge on any atom is 0.161 e. The second kappa shape index (κ2) is 6.91. The van der Waals surface area contributed by atoms with Gasteiger partial charge in [-0.3, -0.25) is 4.68 Å². The van der Waals surface area contributed by atoms with Crippen LogP contribution >= 0.6 is 38.5 Å². The summed E-state index contributed by atoms with van der Waals surface area (Å²) in [6.45, 7) is 2.88. The van der Waals surface area contributed by atoms with E-state index in [9.17, 15) is 0 Å². The van der Waals surface area contributed by atoms with Crippen molar-refractivity contribution < 1.29 is 4.74 Å². The summed E-state index contributed by atoms with van der Waals surface area (Å²) in [4.78, 5) is 0. The Morgan fingerprint density at radius 2 is 2.25 bits per heavy atom. The number of ether oxygens (including phenoxy) is 1. The van der Waals surface area contributed by atoms with Crippen molar-refractivity contribution in [2.45, 2.75) is 19.5 Å². The third kappa shape index (κ3) is 3.01. The molecule has 0 aliphatic rings. The van der Waals surface area contributed by atoms with Crippen molar-refractivity contribution in [3.63, 3.8) is 0 Å². The van der Waals surface area contributed by atoms with Gasteiger partial charge in [0, 0.05) is 14.6 Å². The number of aromatic nitrogens is 2. The van der Waals surface area contributed by atoms with Crippen LogP contribution in [0.2, 0.25) is 0 Å². The molecule has 20 heavy (non-hydrogen) atoms. The van der Waals surface area contributed by atoms with Crippen LogP contribution in [0.3, 0.4) is 0 Å². The van der Waals surface area contributed by atoms with E-state index in [1.54, 1.807) is 13.3 Å². The normalized spacial score (nSPS) is 12.4. The minimum Gasteiger partial charge on any atom is -0.493 e. The van der Waals surface area contributed by atoms with E-state index >= 15 is 0 Å². The number of rotatable bonds is 5. The number of halogens is 2. The predicted octanol–water partition coefficient (Wildman–Crippen LogP) is 3.59. The Morgan fingerprint density at radius 1 is 1.50 bits per heavy atom. The van der Waals surface area contributed by atoms with Crippen molar-refractivity contribution in [3.8, 4) is 5.75 Å². The minimum absolute atomic E-state index is 0.0387. The summed E-state index contributed by atoms with van der Waals surface area (Å²) in [7, 11) is 3.63. The van der Waals surface area contributed by atoms with Gasteiger partial charge < -0.3 is 10.1 Å². The molecule has 0 saturated carbocycles. The van der Waals surface area contributed by atoms with E-state index in [1.165, 1.54) is 9.13 Å². The summed E-state index contributed by atoms with van der Waals surface area (Å²) in [5.41, 5.74) is 2.25. The molecule has 0 radical (unpaired) electrons. The summed E-state index contributed by atoms with van der Waals surface area (Å²) in [5.74, 6) is 0.807. The number of aryl methyl sites for hydroxylation is 1. The molecular formula is C14H17BrIN3O. The fraction of sp³-hybridized carbons (Fsp3) is 0.357. The lowest BCUT2D eigenvalue weighted by Gasteiger charge is -2.21. The average molecular weight is 450 g/mol. The van der Waals surface area contributed by atoms with E-state index in [4.69, 9.17) is 4.74 Å². The lowest BCUT2D eigenvalue weighted by atomic mass is 10.0. The van der Waals surface area contributed by atoms with Crippen LogP contribution in [0.5, 0.6) is 5.75 Å². The van der Waals surface area contributed by atoms with Crippen molar-refractivity contribution in [3.05, 3.63) is 43.7 Å². The maximum atomic E-state index is 5.46. The van der Waals surface area contributed by atoms with Gasteiger partial charge in [-0.15, -0.1) is 0 Å². The van der Waals surface area contributed by atoms with Gasteiger partial charge in [0.15, 0.2) is 5.75 Å².